The summed E-state index contributed by atoms with van der Waals surface area (Å²) in [5, 5.41) is 12.3. The lowest BCUT2D eigenvalue weighted by Crippen LogP contribution is -2.07. The van der Waals surface area contributed by atoms with Crippen molar-refractivity contribution in [2.45, 2.75) is 13.0 Å². The van der Waals surface area contributed by atoms with E-state index in [4.69, 9.17) is 4.42 Å². The van der Waals surface area contributed by atoms with E-state index < -0.39 is 0 Å². The minimum Gasteiger partial charge on any atom is -0.423 e. The van der Waals surface area contributed by atoms with Crippen LogP contribution in [0.1, 0.15) is 6.42 Å². The molecule has 2 aromatic carbocycles. The van der Waals surface area contributed by atoms with Crippen LogP contribution in [-0.4, -0.2) is 31.3 Å². The van der Waals surface area contributed by atoms with Crippen LogP contribution < -0.4 is 5.32 Å². The molecule has 154 valence electrons. The van der Waals surface area contributed by atoms with Crippen LogP contribution in [0.3, 0.4) is 0 Å². The monoisotopic (exact) mass is 414 g/mol. The summed E-state index contributed by atoms with van der Waals surface area (Å²) in [6.45, 7) is 1.59. The number of aromatic nitrogens is 5. The number of fused-ring (bicyclic) bond motifs is 1. The second-order valence-corrected chi connectivity index (χ2v) is 7.11. The summed E-state index contributed by atoms with van der Waals surface area (Å²) < 4.78 is 20.8. The molecule has 5 aromatic rings. The number of nitrogens with zero attached hydrogens (tertiary/aromatic N) is 5. The summed E-state index contributed by atoms with van der Waals surface area (Å²) in [5.74, 6) is 0.142. The van der Waals surface area contributed by atoms with Crippen molar-refractivity contribution in [3.63, 3.8) is 0 Å². The van der Waals surface area contributed by atoms with Gasteiger partial charge in [-0.15, -0.1) is 10.2 Å². The number of halogens is 1. The average Bonchev–Trinajstić information content (AvgIpc) is 3.51. The van der Waals surface area contributed by atoms with E-state index in [1.54, 1.807) is 30.9 Å². The zero-order valence-electron chi connectivity index (χ0n) is 16.6. The molecule has 0 saturated carbocycles. The summed E-state index contributed by atoms with van der Waals surface area (Å²) in [7, 11) is 0. The standard InChI is InChI=1S/C23H19FN6O/c24-18-5-2-16(3-6-18)17-4-7-21-19(12-17)22(20(13-27-21)23-29-28-15-31-23)26-8-1-10-30-11-9-25-14-30/h2-7,9,11-15H,1,8,10H2,(H,26,27). The van der Waals surface area contributed by atoms with Crippen LogP contribution >= 0.6 is 0 Å². The molecule has 7 nitrogen and oxygen atoms in total. The van der Waals surface area contributed by atoms with Crippen molar-refractivity contribution in [3.05, 3.63) is 79.6 Å². The zero-order valence-corrected chi connectivity index (χ0v) is 16.6. The van der Waals surface area contributed by atoms with Gasteiger partial charge < -0.3 is 14.3 Å². The molecule has 0 fully saturated rings. The summed E-state index contributed by atoms with van der Waals surface area (Å²) in [6, 6.07) is 12.4. The maximum absolute atomic E-state index is 13.4. The maximum atomic E-state index is 13.4. The van der Waals surface area contributed by atoms with Gasteiger partial charge in [0.15, 0.2) is 0 Å². The van der Waals surface area contributed by atoms with Crippen LogP contribution in [0.5, 0.6) is 0 Å². The Morgan fingerprint density at radius 3 is 2.71 bits per heavy atom. The minimum atomic E-state index is -0.259. The third-order valence-corrected chi connectivity index (χ3v) is 5.09. The Kier molecular flexibility index (Phi) is 5.10. The van der Waals surface area contributed by atoms with E-state index in [1.165, 1.54) is 18.5 Å². The second kappa shape index (κ2) is 8.35. The molecule has 31 heavy (non-hydrogen) atoms. The molecule has 0 aliphatic heterocycles. The largest absolute Gasteiger partial charge is 0.423 e. The lowest BCUT2D eigenvalue weighted by molar-refractivity contribution is 0.568. The fourth-order valence-corrected chi connectivity index (χ4v) is 3.55. The van der Waals surface area contributed by atoms with Crippen molar-refractivity contribution in [2.75, 3.05) is 11.9 Å². The van der Waals surface area contributed by atoms with Gasteiger partial charge in [-0.2, -0.15) is 0 Å². The first kappa shape index (κ1) is 18.9. The highest BCUT2D eigenvalue weighted by Gasteiger charge is 2.15. The highest BCUT2D eigenvalue weighted by Crippen LogP contribution is 2.35. The lowest BCUT2D eigenvalue weighted by Gasteiger charge is -2.14. The summed E-state index contributed by atoms with van der Waals surface area (Å²) >= 11 is 0. The smallest absolute Gasteiger partial charge is 0.251 e. The fourth-order valence-electron chi connectivity index (χ4n) is 3.55. The molecule has 0 spiro atoms. The Hall–Kier alpha value is -4.07. The molecular formula is C23H19FN6O. The molecule has 0 aliphatic rings. The van der Waals surface area contributed by atoms with E-state index in [0.29, 0.717) is 5.89 Å². The molecule has 0 radical (unpaired) electrons. The summed E-state index contributed by atoms with van der Waals surface area (Å²) in [5.41, 5.74) is 4.36. The first-order valence-corrected chi connectivity index (χ1v) is 9.93. The van der Waals surface area contributed by atoms with Gasteiger partial charge in [-0.3, -0.25) is 4.98 Å². The Morgan fingerprint density at radius 1 is 1.06 bits per heavy atom. The van der Waals surface area contributed by atoms with E-state index >= 15 is 0 Å². The van der Waals surface area contributed by atoms with Crippen molar-refractivity contribution in [2.24, 2.45) is 0 Å². The molecule has 0 atom stereocenters. The van der Waals surface area contributed by atoms with E-state index in [9.17, 15) is 4.39 Å². The molecule has 0 unspecified atom stereocenters. The second-order valence-electron chi connectivity index (χ2n) is 7.11. The highest BCUT2D eigenvalue weighted by molar-refractivity contribution is 6.00. The van der Waals surface area contributed by atoms with Crippen molar-refractivity contribution in [1.82, 2.24) is 24.7 Å². The van der Waals surface area contributed by atoms with Crippen LogP contribution in [0.2, 0.25) is 0 Å². The summed E-state index contributed by atoms with van der Waals surface area (Å²) in [6.07, 6.45) is 9.47. The molecule has 0 aliphatic carbocycles. The van der Waals surface area contributed by atoms with Crippen molar-refractivity contribution in [1.29, 1.82) is 0 Å². The molecule has 8 heteroatoms. The number of pyridine rings is 1. The van der Waals surface area contributed by atoms with Crippen LogP contribution in [0.15, 0.2) is 78.2 Å². The van der Waals surface area contributed by atoms with Gasteiger partial charge >= 0.3 is 0 Å². The van der Waals surface area contributed by atoms with Gasteiger partial charge in [0.25, 0.3) is 5.89 Å². The third-order valence-electron chi connectivity index (χ3n) is 5.09. The molecule has 1 N–H and O–H groups in total. The van der Waals surface area contributed by atoms with Crippen molar-refractivity contribution >= 4 is 16.6 Å². The molecular weight excluding hydrogens is 395 g/mol. The molecule has 0 amide bonds. The number of hydrogen-bond donors (Lipinski definition) is 1. The molecule has 0 bridgehead atoms. The van der Waals surface area contributed by atoms with Gasteiger partial charge in [-0.05, 0) is 41.8 Å². The number of hydrogen-bond acceptors (Lipinski definition) is 6. The van der Waals surface area contributed by atoms with E-state index in [0.717, 1.165) is 52.8 Å². The van der Waals surface area contributed by atoms with Crippen LogP contribution in [-0.2, 0) is 6.54 Å². The SMILES string of the molecule is Fc1ccc(-c2ccc3ncc(-c4nnco4)c(NCCCn4ccnc4)c3c2)cc1. The van der Waals surface area contributed by atoms with E-state index in [-0.39, 0.29) is 5.82 Å². The topological polar surface area (TPSA) is 81.7 Å². The quantitative estimate of drug-likeness (QED) is 0.386. The Bertz CT molecular complexity index is 1280. The lowest BCUT2D eigenvalue weighted by atomic mass is 10.0. The van der Waals surface area contributed by atoms with Gasteiger partial charge in [0.05, 0.1) is 23.1 Å². The first-order chi connectivity index (χ1) is 15.3. The number of rotatable bonds is 7. The third kappa shape index (κ3) is 4.00. The van der Waals surface area contributed by atoms with Gasteiger partial charge in [0.2, 0.25) is 6.39 Å². The predicted octanol–water partition coefficient (Wildman–Crippen LogP) is 4.79. The first-order valence-electron chi connectivity index (χ1n) is 9.93. The van der Waals surface area contributed by atoms with Gasteiger partial charge in [0, 0.05) is 37.1 Å². The Morgan fingerprint density at radius 2 is 1.94 bits per heavy atom. The van der Waals surface area contributed by atoms with Crippen LogP contribution in [0.4, 0.5) is 10.1 Å². The maximum Gasteiger partial charge on any atom is 0.251 e. The molecule has 5 rings (SSSR count). The molecule has 0 saturated heterocycles. The van der Waals surface area contributed by atoms with Gasteiger partial charge in [-0.1, -0.05) is 18.2 Å². The number of anilines is 1. The number of nitrogens with one attached hydrogen (secondary N) is 1. The zero-order chi connectivity index (χ0) is 21.0. The fraction of sp³-hybridized carbons (Fsp3) is 0.130. The number of benzene rings is 2. The van der Waals surface area contributed by atoms with Crippen molar-refractivity contribution < 1.29 is 8.81 Å². The number of aryl methyl sites for hydroxylation is 1. The summed E-state index contributed by atoms with van der Waals surface area (Å²) in [4.78, 5) is 8.65. The van der Waals surface area contributed by atoms with E-state index in [1.807, 2.05) is 29.0 Å². The highest BCUT2D eigenvalue weighted by atomic mass is 19.1. The molecule has 3 heterocycles. The minimum absolute atomic E-state index is 0.259. The van der Waals surface area contributed by atoms with Crippen LogP contribution in [0.25, 0.3) is 33.5 Å². The van der Waals surface area contributed by atoms with Gasteiger partial charge in [0.1, 0.15) is 5.82 Å². The van der Waals surface area contributed by atoms with Crippen LogP contribution in [0, 0.1) is 5.82 Å². The van der Waals surface area contributed by atoms with Crippen molar-refractivity contribution in [3.8, 4) is 22.6 Å². The Balaban J connectivity index is 1.52. The predicted molar refractivity (Wildman–Crippen MR) is 116 cm³/mol. The Labute approximate surface area is 177 Å². The normalized spacial score (nSPS) is 11.1. The number of imidazole rings is 1. The van der Waals surface area contributed by atoms with Gasteiger partial charge in [-0.25, -0.2) is 9.37 Å². The average molecular weight is 414 g/mol. The molecule has 3 aromatic heterocycles. The van der Waals surface area contributed by atoms with E-state index in [2.05, 4.69) is 25.5 Å².